The van der Waals surface area contributed by atoms with Crippen LogP contribution in [0.1, 0.15) is 81.7 Å². The largest absolute Gasteiger partial charge is 0.444 e. The third kappa shape index (κ3) is 6.52. The van der Waals surface area contributed by atoms with Crippen molar-refractivity contribution in [1.82, 2.24) is 19.8 Å². The molecule has 5 rings (SSSR count). The van der Waals surface area contributed by atoms with Crippen molar-refractivity contribution in [2.75, 3.05) is 44.2 Å². The van der Waals surface area contributed by atoms with E-state index in [9.17, 15) is 14.7 Å². The van der Waals surface area contributed by atoms with Crippen LogP contribution in [0.15, 0.2) is 30.6 Å². The molecular formula is C30H40ClN5O4. The Kier molecular flexibility index (Phi) is 8.25. The summed E-state index contributed by atoms with van der Waals surface area (Å²) in [5, 5.41) is 11.0. The van der Waals surface area contributed by atoms with Crippen molar-refractivity contribution in [1.29, 1.82) is 0 Å². The van der Waals surface area contributed by atoms with Crippen molar-refractivity contribution in [2.45, 2.75) is 70.5 Å². The number of carbonyl (C=O) groups excluding carboxylic acids is 2. The number of fused-ring (bicyclic) bond motifs is 1. The van der Waals surface area contributed by atoms with Gasteiger partial charge in [-0.2, -0.15) is 0 Å². The van der Waals surface area contributed by atoms with Gasteiger partial charge in [0.1, 0.15) is 17.7 Å². The molecule has 1 saturated heterocycles. The lowest BCUT2D eigenvalue weighted by atomic mass is 9.96. The lowest BCUT2D eigenvalue weighted by molar-refractivity contribution is -0.133. The van der Waals surface area contributed by atoms with Gasteiger partial charge in [0.2, 0.25) is 5.91 Å². The molecule has 2 aliphatic carbocycles. The van der Waals surface area contributed by atoms with Crippen molar-refractivity contribution >= 4 is 29.4 Å². The molecule has 1 aliphatic heterocycles. The van der Waals surface area contributed by atoms with Gasteiger partial charge < -0.3 is 24.5 Å². The standard InChI is InChI=1S/C30H40ClN5O4/c1-19-15-24(37)26-25(19)27(33-18-32-26)34-11-13-35(14-12-34)28(38)23(21-7-9-22(31)10-8-21)17-36(16-20-5-6-20)29(39)40-30(2,3)4/h7-10,18-20,23-24,37H,5-6,11-17H2,1-4H3/t19-,23-,24-/m1/s1. The van der Waals surface area contributed by atoms with Gasteiger partial charge in [0.15, 0.2) is 0 Å². The van der Waals surface area contributed by atoms with Crippen LogP contribution in [0.4, 0.5) is 10.6 Å². The molecule has 1 saturated carbocycles. The number of hydrogen-bond donors (Lipinski definition) is 1. The second kappa shape index (κ2) is 11.5. The molecule has 2 fully saturated rings. The fourth-order valence-electron chi connectivity index (χ4n) is 5.72. The second-order valence-electron chi connectivity index (χ2n) is 12.4. The fraction of sp³-hybridized carbons (Fsp3) is 0.600. The number of aromatic nitrogens is 2. The molecule has 9 nitrogen and oxygen atoms in total. The van der Waals surface area contributed by atoms with E-state index in [2.05, 4.69) is 21.8 Å². The van der Waals surface area contributed by atoms with Crippen LogP contribution in [0.25, 0.3) is 0 Å². The first-order chi connectivity index (χ1) is 19.0. The first-order valence-electron chi connectivity index (χ1n) is 14.3. The maximum atomic E-state index is 14.1. The number of aliphatic hydroxyl groups is 1. The van der Waals surface area contributed by atoms with Crippen LogP contribution in [0.3, 0.4) is 0 Å². The highest BCUT2D eigenvalue weighted by molar-refractivity contribution is 6.30. The number of amides is 2. The van der Waals surface area contributed by atoms with E-state index in [0.717, 1.165) is 35.5 Å². The zero-order valence-corrected chi connectivity index (χ0v) is 24.6. The number of halogens is 1. The lowest BCUT2D eigenvalue weighted by Gasteiger charge is -2.38. The van der Waals surface area contributed by atoms with Crippen LogP contribution in [0, 0.1) is 5.92 Å². The summed E-state index contributed by atoms with van der Waals surface area (Å²) in [4.78, 5) is 42.0. The van der Waals surface area contributed by atoms with Gasteiger partial charge in [0.05, 0.1) is 17.7 Å². The van der Waals surface area contributed by atoms with E-state index in [1.54, 1.807) is 17.0 Å². The van der Waals surface area contributed by atoms with Crippen LogP contribution in [0.2, 0.25) is 5.02 Å². The number of benzene rings is 1. The third-order valence-corrected chi connectivity index (χ3v) is 8.22. The Hall–Kier alpha value is -2.91. The van der Waals surface area contributed by atoms with E-state index >= 15 is 0 Å². The Balaban J connectivity index is 1.33. The molecule has 10 heteroatoms. The van der Waals surface area contributed by atoms with Crippen LogP contribution in [-0.2, 0) is 9.53 Å². The van der Waals surface area contributed by atoms with Gasteiger partial charge in [0.25, 0.3) is 0 Å². The Morgan fingerprint density at radius 1 is 1.12 bits per heavy atom. The molecule has 3 aliphatic rings. The monoisotopic (exact) mass is 569 g/mol. The summed E-state index contributed by atoms with van der Waals surface area (Å²) in [5.74, 6) is 0.945. The predicted octanol–water partition coefficient (Wildman–Crippen LogP) is 4.75. The maximum absolute atomic E-state index is 14.1. The van der Waals surface area contributed by atoms with Crippen molar-refractivity contribution in [3.63, 3.8) is 0 Å². The first kappa shape index (κ1) is 28.6. The van der Waals surface area contributed by atoms with E-state index in [-0.39, 0.29) is 24.5 Å². The average Bonchev–Trinajstić information content (AvgIpc) is 3.69. The topological polar surface area (TPSA) is 99.1 Å². The Morgan fingerprint density at radius 2 is 1.80 bits per heavy atom. The quantitative estimate of drug-likeness (QED) is 0.513. The van der Waals surface area contributed by atoms with E-state index < -0.39 is 17.6 Å². The highest BCUT2D eigenvalue weighted by atomic mass is 35.5. The number of ether oxygens (including phenoxy) is 1. The first-order valence-corrected chi connectivity index (χ1v) is 14.7. The number of hydrogen-bond acceptors (Lipinski definition) is 7. The summed E-state index contributed by atoms with van der Waals surface area (Å²) in [7, 11) is 0. The van der Waals surface area contributed by atoms with Gasteiger partial charge in [-0.15, -0.1) is 0 Å². The van der Waals surface area contributed by atoms with Gasteiger partial charge >= 0.3 is 6.09 Å². The molecule has 3 atom stereocenters. The summed E-state index contributed by atoms with van der Waals surface area (Å²) in [6.45, 7) is 10.8. The molecule has 0 radical (unpaired) electrons. The molecule has 2 heterocycles. The van der Waals surface area contributed by atoms with Gasteiger partial charge in [0, 0.05) is 49.9 Å². The minimum atomic E-state index is -0.621. The number of aliphatic hydroxyl groups excluding tert-OH is 1. The lowest BCUT2D eigenvalue weighted by Crippen LogP contribution is -2.52. The summed E-state index contributed by atoms with van der Waals surface area (Å²) in [6.07, 6.45) is 3.40. The van der Waals surface area contributed by atoms with Gasteiger partial charge in [-0.05, 0) is 69.6 Å². The van der Waals surface area contributed by atoms with E-state index in [0.29, 0.717) is 50.1 Å². The van der Waals surface area contributed by atoms with Crippen molar-refractivity contribution in [3.05, 3.63) is 52.4 Å². The second-order valence-corrected chi connectivity index (χ2v) is 12.8. The third-order valence-electron chi connectivity index (χ3n) is 7.97. The van der Waals surface area contributed by atoms with Crippen LogP contribution in [0.5, 0.6) is 0 Å². The summed E-state index contributed by atoms with van der Waals surface area (Å²) in [6, 6.07) is 7.34. The molecule has 1 aromatic carbocycles. The van der Waals surface area contributed by atoms with Crippen molar-refractivity contribution < 1.29 is 19.4 Å². The molecule has 2 amide bonds. The number of piperazine rings is 1. The number of anilines is 1. The number of carbonyl (C=O) groups is 2. The highest BCUT2D eigenvalue weighted by Gasteiger charge is 2.37. The van der Waals surface area contributed by atoms with Gasteiger partial charge in [-0.1, -0.05) is 30.7 Å². The summed E-state index contributed by atoms with van der Waals surface area (Å²) < 4.78 is 5.73. The Bertz CT molecular complexity index is 1220. The zero-order chi connectivity index (χ0) is 28.6. The molecule has 1 aromatic heterocycles. The predicted molar refractivity (Wildman–Crippen MR) is 154 cm³/mol. The molecule has 2 aromatic rings. The highest BCUT2D eigenvalue weighted by Crippen LogP contribution is 2.43. The molecule has 0 bridgehead atoms. The fourth-order valence-corrected chi connectivity index (χ4v) is 5.84. The minimum Gasteiger partial charge on any atom is -0.444 e. The van der Waals surface area contributed by atoms with Gasteiger partial charge in [-0.3, -0.25) is 4.79 Å². The van der Waals surface area contributed by atoms with E-state index in [4.69, 9.17) is 16.3 Å². The molecule has 0 unspecified atom stereocenters. The summed E-state index contributed by atoms with van der Waals surface area (Å²) >= 11 is 6.17. The zero-order valence-electron chi connectivity index (χ0n) is 23.8. The minimum absolute atomic E-state index is 0.0111. The maximum Gasteiger partial charge on any atom is 0.410 e. The SMILES string of the molecule is C[C@@H]1C[C@@H](O)c2ncnc(N3CCN(C(=O)[C@H](CN(CC4CC4)C(=O)OC(C)(C)C)c4ccc(Cl)cc4)CC3)c21. The van der Waals surface area contributed by atoms with E-state index in [1.807, 2.05) is 37.8 Å². The van der Waals surface area contributed by atoms with Crippen LogP contribution in [-0.4, -0.2) is 81.7 Å². The smallest absolute Gasteiger partial charge is 0.410 e. The normalized spacial score (nSPS) is 21.6. The average molecular weight is 570 g/mol. The number of nitrogens with zero attached hydrogens (tertiary/aromatic N) is 5. The van der Waals surface area contributed by atoms with Crippen LogP contribution >= 0.6 is 11.6 Å². The summed E-state index contributed by atoms with van der Waals surface area (Å²) in [5.41, 5.74) is 1.94. The Labute approximate surface area is 241 Å². The molecule has 0 spiro atoms. The van der Waals surface area contributed by atoms with Crippen molar-refractivity contribution in [3.8, 4) is 0 Å². The molecule has 1 N–H and O–H groups in total. The molecule has 40 heavy (non-hydrogen) atoms. The van der Waals surface area contributed by atoms with E-state index in [1.165, 1.54) is 6.33 Å². The van der Waals surface area contributed by atoms with Crippen molar-refractivity contribution in [2.24, 2.45) is 5.92 Å². The molecular weight excluding hydrogens is 530 g/mol. The van der Waals surface area contributed by atoms with Gasteiger partial charge in [-0.25, -0.2) is 14.8 Å². The Morgan fingerprint density at radius 3 is 2.42 bits per heavy atom. The molecule has 216 valence electrons. The van der Waals surface area contributed by atoms with Crippen LogP contribution < -0.4 is 4.90 Å². The number of rotatable bonds is 7.